The molecule has 0 fully saturated rings. The Hall–Kier alpha value is -2.93. The Balaban J connectivity index is 1.78. The summed E-state index contributed by atoms with van der Waals surface area (Å²) in [4.78, 5) is 11.9. The highest BCUT2D eigenvalue weighted by molar-refractivity contribution is 7.99. The molecule has 2 aromatic rings. The first kappa shape index (κ1) is 21.4. The van der Waals surface area contributed by atoms with Crippen molar-refractivity contribution in [1.29, 1.82) is 0 Å². The lowest BCUT2D eigenvalue weighted by molar-refractivity contribution is -0.118. The average Bonchev–Trinajstić information content (AvgIpc) is 2.73. The standard InChI is InChI=1S/C21H24N2O4S/c1-4-11-27-19-10-7-17(12-20(19)26-3)13-22-23-21(24)15-28-14-16-5-8-18(25-2)9-6-16/h4-10,12-13H,1,11,14-15H2,2-3H3,(H,23,24)/b22-13-. The summed E-state index contributed by atoms with van der Waals surface area (Å²) in [5.74, 6) is 2.93. The van der Waals surface area contributed by atoms with E-state index in [1.165, 1.54) is 11.8 Å². The zero-order valence-corrected chi connectivity index (χ0v) is 16.8. The number of ether oxygens (including phenoxy) is 3. The van der Waals surface area contributed by atoms with E-state index in [2.05, 4.69) is 17.1 Å². The molecule has 0 saturated carbocycles. The van der Waals surface area contributed by atoms with Crippen LogP contribution in [0.5, 0.6) is 17.2 Å². The van der Waals surface area contributed by atoms with E-state index >= 15 is 0 Å². The van der Waals surface area contributed by atoms with Crippen molar-refractivity contribution >= 4 is 23.9 Å². The molecule has 0 saturated heterocycles. The molecule has 0 bridgehead atoms. The van der Waals surface area contributed by atoms with Crippen molar-refractivity contribution < 1.29 is 19.0 Å². The fourth-order valence-electron chi connectivity index (χ4n) is 2.23. The molecule has 2 aromatic carbocycles. The first-order valence-electron chi connectivity index (χ1n) is 8.60. The summed E-state index contributed by atoms with van der Waals surface area (Å²) < 4.78 is 15.9. The number of thioether (sulfide) groups is 1. The number of methoxy groups -OCH3 is 2. The fraction of sp³-hybridized carbons (Fsp3) is 0.238. The van der Waals surface area contributed by atoms with Gasteiger partial charge in [0.15, 0.2) is 11.5 Å². The van der Waals surface area contributed by atoms with Crippen LogP contribution in [0.15, 0.2) is 60.2 Å². The second kappa shape index (κ2) is 11.7. The van der Waals surface area contributed by atoms with Gasteiger partial charge in [0.1, 0.15) is 12.4 Å². The number of benzene rings is 2. The molecule has 0 atom stereocenters. The number of nitrogens with zero attached hydrogens (tertiary/aromatic N) is 1. The lowest BCUT2D eigenvalue weighted by atomic mass is 10.2. The van der Waals surface area contributed by atoms with Gasteiger partial charge in [0.2, 0.25) is 5.91 Å². The third-order valence-corrected chi connectivity index (χ3v) is 4.61. The average molecular weight is 401 g/mol. The summed E-state index contributed by atoms with van der Waals surface area (Å²) in [5.41, 5.74) is 4.44. The summed E-state index contributed by atoms with van der Waals surface area (Å²) in [7, 11) is 3.20. The molecule has 148 valence electrons. The van der Waals surface area contributed by atoms with Crippen LogP contribution in [0, 0.1) is 0 Å². The van der Waals surface area contributed by atoms with Gasteiger partial charge in [-0.05, 0) is 41.5 Å². The van der Waals surface area contributed by atoms with Crippen LogP contribution in [0.4, 0.5) is 0 Å². The largest absolute Gasteiger partial charge is 0.497 e. The lowest BCUT2D eigenvalue weighted by Crippen LogP contribution is -2.19. The molecular weight excluding hydrogens is 376 g/mol. The summed E-state index contributed by atoms with van der Waals surface area (Å²) in [6, 6.07) is 13.2. The molecule has 7 heteroatoms. The minimum atomic E-state index is -0.160. The van der Waals surface area contributed by atoms with Gasteiger partial charge in [0.25, 0.3) is 0 Å². The normalized spacial score (nSPS) is 10.5. The number of hydrazone groups is 1. The fourth-order valence-corrected chi connectivity index (χ4v) is 3.01. The minimum absolute atomic E-state index is 0.160. The second-order valence-corrected chi connectivity index (χ2v) is 6.63. The van der Waals surface area contributed by atoms with Gasteiger partial charge in [0, 0.05) is 5.75 Å². The van der Waals surface area contributed by atoms with E-state index in [9.17, 15) is 4.79 Å². The third kappa shape index (κ3) is 7.00. The van der Waals surface area contributed by atoms with Gasteiger partial charge in [-0.3, -0.25) is 4.79 Å². The van der Waals surface area contributed by atoms with Gasteiger partial charge in [-0.25, -0.2) is 5.43 Å². The molecule has 0 aliphatic heterocycles. The minimum Gasteiger partial charge on any atom is -0.497 e. The smallest absolute Gasteiger partial charge is 0.250 e. The van der Waals surface area contributed by atoms with E-state index < -0.39 is 0 Å². The SMILES string of the molecule is C=CCOc1ccc(/C=N\NC(=O)CSCc2ccc(OC)cc2)cc1OC. The molecule has 0 unspecified atom stereocenters. The van der Waals surface area contributed by atoms with Crippen LogP contribution in [-0.2, 0) is 10.5 Å². The van der Waals surface area contributed by atoms with Crippen LogP contribution in [0.2, 0.25) is 0 Å². The van der Waals surface area contributed by atoms with Gasteiger partial charge in [0.05, 0.1) is 26.2 Å². The number of amides is 1. The van der Waals surface area contributed by atoms with Crippen molar-refractivity contribution in [1.82, 2.24) is 5.43 Å². The highest BCUT2D eigenvalue weighted by Crippen LogP contribution is 2.27. The van der Waals surface area contributed by atoms with E-state index in [1.807, 2.05) is 30.3 Å². The topological polar surface area (TPSA) is 69.2 Å². The molecule has 1 amide bonds. The highest BCUT2D eigenvalue weighted by Gasteiger charge is 2.05. The molecule has 1 N–H and O–H groups in total. The molecule has 0 aromatic heterocycles. The molecule has 6 nitrogen and oxygen atoms in total. The summed E-state index contributed by atoms with van der Waals surface area (Å²) in [6.07, 6.45) is 3.23. The quantitative estimate of drug-likeness (QED) is 0.354. The van der Waals surface area contributed by atoms with Crippen molar-refractivity contribution in [2.24, 2.45) is 5.10 Å². The summed E-state index contributed by atoms with van der Waals surface area (Å²) >= 11 is 1.52. The van der Waals surface area contributed by atoms with E-state index in [4.69, 9.17) is 14.2 Å². The van der Waals surface area contributed by atoms with Crippen molar-refractivity contribution in [2.45, 2.75) is 5.75 Å². The van der Waals surface area contributed by atoms with Gasteiger partial charge >= 0.3 is 0 Å². The summed E-state index contributed by atoms with van der Waals surface area (Å²) in [6.45, 7) is 4.01. The maximum absolute atomic E-state index is 11.9. The van der Waals surface area contributed by atoms with Crippen molar-refractivity contribution in [2.75, 3.05) is 26.6 Å². The Morgan fingerprint density at radius 3 is 2.61 bits per heavy atom. The molecule has 0 radical (unpaired) electrons. The number of hydrogen-bond acceptors (Lipinski definition) is 6. The Labute approximate surface area is 169 Å². The van der Waals surface area contributed by atoms with Gasteiger partial charge in [-0.15, -0.1) is 11.8 Å². The van der Waals surface area contributed by atoms with Crippen molar-refractivity contribution in [3.05, 3.63) is 66.2 Å². The zero-order valence-electron chi connectivity index (χ0n) is 16.0. The predicted octanol–water partition coefficient (Wildman–Crippen LogP) is 3.65. The molecule has 0 aliphatic rings. The Morgan fingerprint density at radius 1 is 1.14 bits per heavy atom. The van der Waals surface area contributed by atoms with Crippen molar-refractivity contribution in [3.63, 3.8) is 0 Å². The van der Waals surface area contributed by atoms with Gasteiger partial charge in [-0.1, -0.05) is 24.8 Å². The molecule has 0 aliphatic carbocycles. The van der Waals surface area contributed by atoms with Crippen LogP contribution in [0.3, 0.4) is 0 Å². The van der Waals surface area contributed by atoms with Crippen LogP contribution >= 0.6 is 11.8 Å². The Morgan fingerprint density at radius 2 is 1.93 bits per heavy atom. The van der Waals surface area contributed by atoms with Crippen LogP contribution in [-0.4, -0.2) is 38.7 Å². The van der Waals surface area contributed by atoms with Gasteiger partial charge in [-0.2, -0.15) is 5.10 Å². The first-order valence-corrected chi connectivity index (χ1v) is 9.76. The predicted molar refractivity (Wildman–Crippen MR) is 114 cm³/mol. The van der Waals surface area contributed by atoms with Crippen LogP contribution in [0.1, 0.15) is 11.1 Å². The molecule has 0 spiro atoms. The van der Waals surface area contributed by atoms with Crippen molar-refractivity contribution in [3.8, 4) is 17.2 Å². The zero-order chi connectivity index (χ0) is 20.2. The lowest BCUT2D eigenvalue weighted by Gasteiger charge is -2.09. The number of rotatable bonds is 11. The summed E-state index contributed by atoms with van der Waals surface area (Å²) in [5, 5.41) is 3.99. The van der Waals surface area contributed by atoms with Crippen LogP contribution < -0.4 is 19.6 Å². The first-order chi connectivity index (χ1) is 13.7. The monoisotopic (exact) mass is 400 g/mol. The highest BCUT2D eigenvalue weighted by atomic mass is 32.2. The van der Waals surface area contributed by atoms with E-state index in [1.54, 1.807) is 38.6 Å². The maximum atomic E-state index is 11.9. The van der Waals surface area contributed by atoms with Gasteiger partial charge < -0.3 is 14.2 Å². The van der Waals surface area contributed by atoms with E-state index in [0.717, 1.165) is 22.6 Å². The van der Waals surface area contributed by atoms with E-state index in [0.29, 0.717) is 23.9 Å². The third-order valence-electron chi connectivity index (χ3n) is 3.61. The maximum Gasteiger partial charge on any atom is 0.250 e. The number of hydrogen-bond donors (Lipinski definition) is 1. The number of carbonyl (C=O) groups is 1. The molecule has 2 rings (SSSR count). The second-order valence-electron chi connectivity index (χ2n) is 5.64. The van der Waals surface area contributed by atoms with E-state index in [-0.39, 0.29) is 5.91 Å². The molecular formula is C21H24N2O4S. The molecule has 28 heavy (non-hydrogen) atoms. The Kier molecular flexibility index (Phi) is 8.94. The number of carbonyl (C=O) groups excluding carboxylic acids is 1. The van der Waals surface area contributed by atoms with Crippen LogP contribution in [0.25, 0.3) is 0 Å². The molecule has 0 heterocycles. The number of nitrogens with one attached hydrogen (secondary N) is 1. The Bertz CT molecular complexity index is 807.